The number of benzene rings is 1. The Bertz CT molecular complexity index is 359. The molecule has 0 bridgehead atoms. The maximum absolute atomic E-state index is 13.1. The molecule has 3 heteroatoms. The van der Waals surface area contributed by atoms with E-state index in [1.54, 1.807) is 6.92 Å². The third-order valence-corrected chi connectivity index (χ3v) is 4.41. The van der Waals surface area contributed by atoms with Crippen LogP contribution in [0.25, 0.3) is 0 Å². The Balaban J connectivity index is 1.96. The van der Waals surface area contributed by atoms with Gasteiger partial charge in [0, 0.05) is 10.1 Å². The molecule has 0 aromatic heterocycles. The van der Waals surface area contributed by atoms with Crippen LogP contribution in [-0.2, 0) is 0 Å². The molecule has 16 heavy (non-hydrogen) atoms. The van der Waals surface area contributed by atoms with Gasteiger partial charge in [0.2, 0.25) is 0 Å². The van der Waals surface area contributed by atoms with Crippen LogP contribution in [0.5, 0.6) is 0 Å². The zero-order valence-electron chi connectivity index (χ0n) is 9.45. The Morgan fingerprint density at radius 1 is 1.25 bits per heavy atom. The van der Waals surface area contributed by atoms with Gasteiger partial charge in [0.1, 0.15) is 5.82 Å². The van der Waals surface area contributed by atoms with Crippen molar-refractivity contribution in [2.75, 3.05) is 0 Å². The van der Waals surface area contributed by atoms with E-state index in [0.29, 0.717) is 10.8 Å². The molecular formula is C13H17FOS. The molecule has 0 aliphatic heterocycles. The van der Waals surface area contributed by atoms with E-state index in [0.717, 1.165) is 30.6 Å². The standard InChI is InChI=1S/C13H17FOS/c1-9-8-12(6-7-13(9)14)16-11-4-2-10(15)3-5-11/h6-8,10-11,15H,2-5H2,1H3. The van der Waals surface area contributed by atoms with Crippen molar-refractivity contribution in [3.8, 4) is 0 Å². The minimum absolute atomic E-state index is 0.105. The summed E-state index contributed by atoms with van der Waals surface area (Å²) in [5.41, 5.74) is 0.709. The van der Waals surface area contributed by atoms with Gasteiger partial charge >= 0.3 is 0 Å². The van der Waals surface area contributed by atoms with E-state index in [2.05, 4.69) is 0 Å². The lowest BCUT2D eigenvalue weighted by Gasteiger charge is -2.24. The summed E-state index contributed by atoms with van der Waals surface area (Å²) < 4.78 is 13.1. The summed E-state index contributed by atoms with van der Waals surface area (Å²) in [6.07, 6.45) is 3.81. The van der Waals surface area contributed by atoms with Crippen molar-refractivity contribution in [2.24, 2.45) is 0 Å². The summed E-state index contributed by atoms with van der Waals surface area (Å²) in [6, 6.07) is 5.29. The van der Waals surface area contributed by atoms with Gasteiger partial charge in [-0.25, -0.2) is 4.39 Å². The number of hydrogen-bond donors (Lipinski definition) is 1. The Morgan fingerprint density at radius 2 is 1.94 bits per heavy atom. The number of thioether (sulfide) groups is 1. The molecule has 0 spiro atoms. The smallest absolute Gasteiger partial charge is 0.126 e. The molecule has 1 aromatic rings. The quantitative estimate of drug-likeness (QED) is 0.853. The maximum atomic E-state index is 13.1. The molecule has 0 unspecified atom stereocenters. The van der Waals surface area contributed by atoms with E-state index in [1.807, 2.05) is 23.9 Å². The molecule has 1 saturated carbocycles. The Hall–Kier alpha value is -0.540. The average Bonchev–Trinajstić information content (AvgIpc) is 2.27. The Morgan fingerprint density at radius 3 is 2.56 bits per heavy atom. The highest BCUT2D eigenvalue weighted by atomic mass is 32.2. The normalized spacial score (nSPS) is 25.7. The second-order valence-corrected chi connectivity index (χ2v) is 5.83. The monoisotopic (exact) mass is 240 g/mol. The largest absolute Gasteiger partial charge is 0.393 e. The molecule has 0 heterocycles. The summed E-state index contributed by atoms with van der Waals surface area (Å²) in [5, 5.41) is 9.99. The third-order valence-electron chi connectivity index (χ3n) is 3.08. The maximum Gasteiger partial charge on any atom is 0.126 e. The zero-order valence-corrected chi connectivity index (χ0v) is 10.3. The lowest BCUT2D eigenvalue weighted by atomic mass is 9.97. The first kappa shape index (κ1) is 11.9. The van der Waals surface area contributed by atoms with Gasteiger partial charge in [-0.3, -0.25) is 0 Å². The van der Waals surface area contributed by atoms with Gasteiger partial charge in [-0.2, -0.15) is 0 Å². The first-order valence-corrected chi connectivity index (χ1v) is 6.64. The lowest BCUT2D eigenvalue weighted by Crippen LogP contribution is -2.19. The number of rotatable bonds is 2. The fourth-order valence-corrected chi connectivity index (χ4v) is 3.33. The minimum Gasteiger partial charge on any atom is -0.393 e. The van der Waals surface area contributed by atoms with Gasteiger partial charge in [-0.05, 0) is 56.4 Å². The van der Waals surface area contributed by atoms with Crippen molar-refractivity contribution < 1.29 is 9.50 Å². The van der Waals surface area contributed by atoms with Crippen LogP contribution in [0.2, 0.25) is 0 Å². The van der Waals surface area contributed by atoms with Crippen molar-refractivity contribution in [1.29, 1.82) is 0 Å². The predicted octanol–water partition coefficient (Wildman–Crippen LogP) is 3.53. The topological polar surface area (TPSA) is 20.2 Å². The van der Waals surface area contributed by atoms with Crippen molar-refractivity contribution >= 4 is 11.8 Å². The van der Waals surface area contributed by atoms with Gasteiger partial charge in [0.15, 0.2) is 0 Å². The molecule has 88 valence electrons. The summed E-state index contributed by atoms with van der Waals surface area (Å²) in [7, 11) is 0. The molecule has 2 rings (SSSR count). The molecule has 0 atom stereocenters. The fraction of sp³-hybridized carbons (Fsp3) is 0.538. The minimum atomic E-state index is -0.136. The van der Waals surface area contributed by atoms with E-state index < -0.39 is 0 Å². The van der Waals surface area contributed by atoms with Crippen molar-refractivity contribution in [3.05, 3.63) is 29.6 Å². The first-order valence-electron chi connectivity index (χ1n) is 5.76. The van der Waals surface area contributed by atoms with Gasteiger partial charge in [0.25, 0.3) is 0 Å². The van der Waals surface area contributed by atoms with Crippen LogP contribution in [0.3, 0.4) is 0 Å². The second-order valence-electron chi connectivity index (χ2n) is 4.46. The number of aliphatic hydroxyl groups is 1. The van der Waals surface area contributed by atoms with Crippen molar-refractivity contribution in [2.45, 2.75) is 48.9 Å². The molecule has 1 aliphatic carbocycles. The molecule has 0 amide bonds. The van der Waals surface area contributed by atoms with Gasteiger partial charge in [-0.1, -0.05) is 0 Å². The van der Waals surface area contributed by atoms with Crippen LogP contribution in [-0.4, -0.2) is 16.5 Å². The van der Waals surface area contributed by atoms with Crippen LogP contribution in [0.1, 0.15) is 31.2 Å². The van der Waals surface area contributed by atoms with Crippen molar-refractivity contribution in [3.63, 3.8) is 0 Å². The van der Waals surface area contributed by atoms with E-state index in [-0.39, 0.29) is 11.9 Å². The molecular weight excluding hydrogens is 223 g/mol. The SMILES string of the molecule is Cc1cc(SC2CCC(O)CC2)ccc1F. The molecule has 0 saturated heterocycles. The van der Waals surface area contributed by atoms with E-state index >= 15 is 0 Å². The van der Waals surface area contributed by atoms with E-state index in [1.165, 1.54) is 6.07 Å². The summed E-state index contributed by atoms with van der Waals surface area (Å²) in [5.74, 6) is -0.136. The predicted molar refractivity (Wildman–Crippen MR) is 65.3 cm³/mol. The summed E-state index contributed by atoms with van der Waals surface area (Å²) in [4.78, 5) is 1.14. The highest BCUT2D eigenvalue weighted by Gasteiger charge is 2.20. The summed E-state index contributed by atoms with van der Waals surface area (Å²) in [6.45, 7) is 1.80. The van der Waals surface area contributed by atoms with E-state index in [4.69, 9.17) is 0 Å². The zero-order chi connectivity index (χ0) is 11.5. The lowest BCUT2D eigenvalue weighted by molar-refractivity contribution is 0.132. The van der Waals surface area contributed by atoms with Crippen molar-refractivity contribution in [1.82, 2.24) is 0 Å². The highest BCUT2D eigenvalue weighted by molar-refractivity contribution is 8.00. The van der Waals surface area contributed by atoms with Gasteiger partial charge in [0.05, 0.1) is 6.10 Å². The number of halogens is 1. The fourth-order valence-electron chi connectivity index (χ4n) is 2.05. The van der Waals surface area contributed by atoms with Gasteiger partial charge in [-0.15, -0.1) is 11.8 Å². The molecule has 0 radical (unpaired) electrons. The molecule has 1 aromatic carbocycles. The number of hydrogen-bond acceptors (Lipinski definition) is 2. The molecule has 1 nitrogen and oxygen atoms in total. The Kier molecular flexibility index (Phi) is 3.87. The Labute approximate surface area is 100 Å². The van der Waals surface area contributed by atoms with E-state index in [9.17, 15) is 9.50 Å². The van der Waals surface area contributed by atoms with Crippen LogP contribution in [0, 0.1) is 12.7 Å². The second kappa shape index (κ2) is 5.19. The molecule has 1 aliphatic rings. The van der Waals surface area contributed by atoms with Crippen LogP contribution < -0.4 is 0 Å². The van der Waals surface area contributed by atoms with Crippen LogP contribution >= 0.6 is 11.8 Å². The summed E-state index contributed by atoms with van der Waals surface area (Å²) >= 11 is 1.81. The highest BCUT2D eigenvalue weighted by Crippen LogP contribution is 2.34. The number of aliphatic hydroxyl groups excluding tert-OH is 1. The van der Waals surface area contributed by atoms with Crippen LogP contribution in [0.4, 0.5) is 4.39 Å². The van der Waals surface area contributed by atoms with Crippen LogP contribution in [0.15, 0.2) is 23.1 Å². The molecule has 1 N–H and O–H groups in total. The van der Waals surface area contributed by atoms with Gasteiger partial charge < -0.3 is 5.11 Å². The number of aryl methyl sites for hydroxylation is 1. The average molecular weight is 240 g/mol. The molecule has 1 fully saturated rings. The third kappa shape index (κ3) is 2.98. The first-order chi connectivity index (χ1) is 7.65.